The van der Waals surface area contributed by atoms with Crippen LogP contribution in [-0.2, 0) is 29.2 Å². The van der Waals surface area contributed by atoms with Crippen LogP contribution in [-0.4, -0.2) is 62.0 Å². The number of halogens is 2. The van der Waals surface area contributed by atoms with Crippen molar-refractivity contribution in [1.29, 1.82) is 0 Å². The summed E-state index contributed by atoms with van der Waals surface area (Å²) in [6.07, 6.45) is 5.20. The van der Waals surface area contributed by atoms with Crippen molar-refractivity contribution >= 4 is 38.7 Å². The van der Waals surface area contributed by atoms with Gasteiger partial charge in [0.15, 0.2) is 11.6 Å². The van der Waals surface area contributed by atoms with E-state index in [1.54, 1.807) is 39.1 Å². The summed E-state index contributed by atoms with van der Waals surface area (Å²) in [6, 6.07) is 3.50. The van der Waals surface area contributed by atoms with E-state index < -0.39 is 17.5 Å². The molecule has 10 nitrogen and oxygen atoms in total. The quantitative estimate of drug-likeness (QED) is 0.366. The second kappa shape index (κ2) is 10.5. The third kappa shape index (κ3) is 5.01. The van der Waals surface area contributed by atoms with Crippen LogP contribution in [0.15, 0.2) is 22.8 Å². The lowest BCUT2D eigenvalue weighted by Crippen LogP contribution is -2.43. The molecule has 0 bridgehead atoms. The number of benzene rings is 1. The molecule has 0 aliphatic carbocycles. The molecular weight excluding hydrogens is 583 g/mol. The Morgan fingerprint density at radius 3 is 2.65 bits per heavy atom. The molecule has 2 fully saturated rings. The van der Waals surface area contributed by atoms with Crippen LogP contribution in [0.25, 0.3) is 10.9 Å². The predicted molar refractivity (Wildman–Crippen MR) is 148 cm³/mol. The van der Waals surface area contributed by atoms with Crippen molar-refractivity contribution < 1.29 is 23.4 Å². The summed E-state index contributed by atoms with van der Waals surface area (Å²) in [5, 5.41) is 8.51. The number of ether oxygens (including phenoxy) is 3. The van der Waals surface area contributed by atoms with Gasteiger partial charge in [-0.2, -0.15) is 20.2 Å². The second-order valence-electron chi connectivity index (χ2n) is 11.6. The molecule has 0 radical (unpaired) electrons. The lowest BCUT2D eigenvalue weighted by atomic mass is 9.95. The van der Waals surface area contributed by atoms with Gasteiger partial charge in [-0.1, -0.05) is 0 Å². The Labute approximate surface area is 240 Å². The summed E-state index contributed by atoms with van der Waals surface area (Å²) in [7, 11) is 0. The Balaban J connectivity index is 1.50. The van der Waals surface area contributed by atoms with Gasteiger partial charge in [0.1, 0.15) is 17.7 Å². The van der Waals surface area contributed by atoms with E-state index in [0.717, 1.165) is 38.8 Å². The fraction of sp³-hybridized carbons (Fsp3) is 0.536. The molecule has 0 spiro atoms. The number of nitrogens with zero attached hydrogens (tertiary/aromatic N) is 6. The van der Waals surface area contributed by atoms with E-state index in [1.807, 2.05) is 0 Å². The maximum absolute atomic E-state index is 15.9. The largest absolute Gasteiger partial charge is 0.461 e. The Morgan fingerprint density at radius 1 is 1.20 bits per heavy atom. The van der Waals surface area contributed by atoms with Gasteiger partial charge in [0, 0.05) is 11.8 Å². The molecule has 3 aromatic rings. The van der Waals surface area contributed by atoms with Crippen LogP contribution in [0.4, 0.5) is 15.0 Å². The molecule has 5 heterocycles. The molecule has 1 amide bonds. The minimum atomic E-state index is -0.785. The zero-order valence-electron chi connectivity index (χ0n) is 22.9. The highest BCUT2D eigenvalue weighted by atomic mass is 79.9. The second-order valence-corrected chi connectivity index (χ2v) is 12.4. The summed E-state index contributed by atoms with van der Waals surface area (Å²) in [5.41, 5.74) is 1.10. The smallest absolute Gasteiger partial charge is 0.416 e. The molecule has 2 saturated heterocycles. The van der Waals surface area contributed by atoms with Gasteiger partial charge in [0.05, 0.1) is 40.9 Å². The number of hydrogen-bond acceptors (Lipinski definition) is 9. The standard InChI is InChI=1S/C28H32BrFN6O4/c1-27(2,3)40-26(37)36(13-17-7-4-10-31-34-17)24-20-18-14-38-15-19(18)21(29)22(30)23(20)32-25(33-24)39-16-28-8-5-11-35(28)12-6-9-28/h4,7,10H,5-6,8-9,11-16H2,1-3H3. The fourth-order valence-electron chi connectivity index (χ4n) is 5.99. The van der Waals surface area contributed by atoms with E-state index in [2.05, 4.69) is 36.0 Å². The zero-order chi connectivity index (χ0) is 28.1. The SMILES string of the molecule is CC(C)(C)OC(=O)N(Cc1cccnn1)c1nc(OCC23CCCN2CCC3)nc2c(F)c(Br)c3c(c12)COC3. The Bertz CT molecular complexity index is 1440. The van der Waals surface area contributed by atoms with Crippen LogP contribution in [0.1, 0.15) is 63.3 Å². The zero-order valence-corrected chi connectivity index (χ0v) is 24.5. The van der Waals surface area contributed by atoms with E-state index in [9.17, 15) is 4.79 Å². The Kier molecular flexibility index (Phi) is 7.12. The van der Waals surface area contributed by atoms with Crippen LogP contribution in [0.3, 0.4) is 0 Å². The molecule has 3 aliphatic rings. The molecule has 2 aromatic heterocycles. The average Bonchev–Trinajstić information content (AvgIpc) is 3.64. The topological polar surface area (TPSA) is 103 Å². The summed E-state index contributed by atoms with van der Waals surface area (Å²) >= 11 is 3.40. The van der Waals surface area contributed by atoms with Crippen molar-refractivity contribution in [3.05, 3.63) is 45.4 Å². The number of amides is 1. The maximum atomic E-state index is 15.9. The molecule has 0 unspecified atom stereocenters. The van der Waals surface area contributed by atoms with Crippen LogP contribution < -0.4 is 9.64 Å². The fourth-order valence-corrected chi connectivity index (χ4v) is 6.53. The minimum absolute atomic E-state index is 0.000659. The molecule has 6 rings (SSSR count). The van der Waals surface area contributed by atoms with E-state index in [4.69, 9.17) is 19.2 Å². The molecule has 0 atom stereocenters. The monoisotopic (exact) mass is 614 g/mol. The van der Waals surface area contributed by atoms with Crippen LogP contribution in [0, 0.1) is 5.82 Å². The lowest BCUT2D eigenvalue weighted by Gasteiger charge is -2.31. The average molecular weight is 616 g/mol. The summed E-state index contributed by atoms with van der Waals surface area (Å²) in [4.78, 5) is 26.8. The molecular formula is C28H32BrFN6O4. The van der Waals surface area contributed by atoms with Gasteiger partial charge in [0.2, 0.25) is 0 Å². The van der Waals surface area contributed by atoms with E-state index in [0.29, 0.717) is 28.8 Å². The molecule has 212 valence electrons. The third-order valence-corrected chi connectivity index (χ3v) is 8.62. The summed E-state index contributed by atoms with van der Waals surface area (Å²) in [6.45, 7) is 8.31. The van der Waals surface area contributed by atoms with Crippen molar-refractivity contribution in [3.63, 3.8) is 0 Å². The van der Waals surface area contributed by atoms with Crippen molar-refractivity contribution in [2.24, 2.45) is 0 Å². The van der Waals surface area contributed by atoms with Crippen LogP contribution in [0.2, 0.25) is 0 Å². The van der Waals surface area contributed by atoms with Crippen molar-refractivity contribution in [2.45, 2.75) is 77.4 Å². The Hall–Kier alpha value is -2.96. The highest BCUT2D eigenvalue weighted by Crippen LogP contribution is 2.42. The normalized spacial score (nSPS) is 18.1. The first-order valence-corrected chi connectivity index (χ1v) is 14.4. The van der Waals surface area contributed by atoms with Gasteiger partial charge >= 0.3 is 12.1 Å². The number of rotatable bonds is 6. The Morgan fingerprint density at radius 2 is 1.95 bits per heavy atom. The summed E-state index contributed by atoms with van der Waals surface area (Å²) < 4.78 is 33.9. The molecule has 0 N–H and O–H groups in total. The third-order valence-electron chi connectivity index (χ3n) is 7.79. The van der Waals surface area contributed by atoms with E-state index in [1.165, 1.54) is 4.90 Å². The summed E-state index contributed by atoms with van der Waals surface area (Å²) in [5.74, 6) is -0.377. The predicted octanol–water partition coefficient (Wildman–Crippen LogP) is 5.30. The number of carbonyl (C=O) groups excluding carboxylic acids is 1. The number of carbonyl (C=O) groups is 1. The number of hydrogen-bond donors (Lipinski definition) is 0. The highest BCUT2D eigenvalue weighted by molar-refractivity contribution is 9.10. The van der Waals surface area contributed by atoms with Gasteiger partial charge in [-0.15, -0.1) is 0 Å². The number of aromatic nitrogens is 4. The van der Waals surface area contributed by atoms with Crippen molar-refractivity contribution in [1.82, 2.24) is 25.1 Å². The van der Waals surface area contributed by atoms with Crippen LogP contribution in [0.5, 0.6) is 6.01 Å². The van der Waals surface area contributed by atoms with Crippen molar-refractivity contribution in [2.75, 3.05) is 24.6 Å². The van der Waals surface area contributed by atoms with Gasteiger partial charge in [-0.3, -0.25) is 9.80 Å². The molecule has 3 aliphatic heterocycles. The first-order valence-electron chi connectivity index (χ1n) is 13.6. The van der Waals surface area contributed by atoms with Crippen LogP contribution >= 0.6 is 15.9 Å². The van der Waals surface area contributed by atoms with Gasteiger partial charge in [-0.25, -0.2) is 9.18 Å². The van der Waals surface area contributed by atoms with Gasteiger partial charge in [0.25, 0.3) is 0 Å². The molecule has 40 heavy (non-hydrogen) atoms. The molecule has 12 heteroatoms. The number of anilines is 1. The van der Waals surface area contributed by atoms with Gasteiger partial charge in [-0.05, 0) is 93.2 Å². The lowest BCUT2D eigenvalue weighted by molar-refractivity contribution is 0.0575. The van der Waals surface area contributed by atoms with Crippen molar-refractivity contribution in [3.8, 4) is 6.01 Å². The highest BCUT2D eigenvalue weighted by Gasteiger charge is 2.45. The first kappa shape index (κ1) is 27.2. The minimum Gasteiger partial charge on any atom is -0.461 e. The first-order chi connectivity index (χ1) is 19.2. The maximum Gasteiger partial charge on any atom is 0.416 e. The van der Waals surface area contributed by atoms with Gasteiger partial charge < -0.3 is 14.2 Å². The van der Waals surface area contributed by atoms with E-state index in [-0.39, 0.29) is 47.1 Å². The molecule has 0 saturated carbocycles. The molecule has 1 aromatic carbocycles. The van der Waals surface area contributed by atoms with E-state index >= 15 is 4.39 Å². The number of fused-ring (bicyclic) bond motifs is 4.